The second-order valence-electron chi connectivity index (χ2n) is 5.96. The highest BCUT2D eigenvalue weighted by Crippen LogP contribution is 2.26. The highest BCUT2D eigenvalue weighted by molar-refractivity contribution is 6.16. The van der Waals surface area contributed by atoms with E-state index in [2.05, 4.69) is 15.3 Å². The van der Waals surface area contributed by atoms with Gasteiger partial charge in [-0.1, -0.05) is 31.4 Å². The minimum absolute atomic E-state index is 0.307. The van der Waals surface area contributed by atoms with E-state index in [9.17, 15) is 0 Å². The van der Waals surface area contributed by atoms with E-state index < -0.39 is 0 Å². The Labute approximate surface area is 135 Å². The zero-order chi connectivity index (χ0) is 16.2. The maximum atomic E-state index is 8.50. The van der Waals surface area contributed by atoms with Crippen LogP contribution >= 0.6 is 0 Å². The van der Waals surface area contributed by atoms with Crippen LogP contribution in [0.2, 0.25) is 0 Å². The Bertz CT molecular complexity index is 689. The van der Waals surface area contributed by atoms with Gasteiger partial charge in [0.15, 0.2) is 0 Å². The first-order chi connectivity index (χ1) is 11.1. The summed E-state index contributed by atoms with van der Waals surface area (Å²) in [5.41, 5.74) is 14.0. The molecule has 1 aromatic carbocycles. The molecule has 3 rings (SSSR count). The fourth-order valence-corrected chi connectivity index (χ4v) is 2.99. The van der Waals surface area contributed by atoms with E-state index in [1.165, 1.54) is 25.6 Å². The minimum atomic E-state index is 0.307. The number of aromatic nitrogens is 2. The van der Waals surface area contributed by atoms with Crippen molar-refractivity contribution in [1.82, 2.24) is 9.97 Å². The molecule has 1 aromatic heterocycles. The van der Waals surface area contributed by atoms with Crippen molar-refractivity contribution in [2.24, 2.45) is 0 Å². The lowest BCUT2D eigenvalue weighted by atomic mass is 9.95. The highest BCUT2D eigenvalue weighted by Gasteiger charge is 2.20. The molecule has 0 bridgehead atoms. The van der Waals surface area contributed by atoms with Crippen LogP contribution < -0.4 is 16.8 Å². The van der Waals surface area contributed by atoms with Gasteiger partial charge in [0.05, 0.1) is 11.3 Å². The molecular formula is C17H22N6. The summed E-state index contributed by atoms with van der Waals surface area (Å²) in [6, 6.07) is 7.56. The summed E-state index contributed by atoms with van der Waals surface area (Å²) < 4.78 is 0. The molecule has 1 fully saturated rings. The highest BCUT2D eigenvalue weighted by atomic mass is 15.1. The fourth-order valence-electron chi connectivity index (χ4n) is 2.99. The van der Waals surface area contributed by atoms with Gasteiger partial charge in [0, 0.05) is 17.3 Å². The zero-order valence-electron chi connectivity index (χ0n) is 13.0. The summed E-state index contributed by atoms with van der Waals surface area (Å²) in [5.74, 6) is 0.964. The van der Waals surface area contributed by atoms with Crippen LogP contribution in [0.25, 0.3) is 0 Å². The summed E-state index contributed by atoms with van der Waals surface area (Å²) in [5, 5.41) is 12.0. The number of benzene rings is 1. The Balaban J connectivity index is 1.90. The van der Waals surface area contributed by atoms with E-state index in [0.717, 1.165) is 18.4 Å². The van der Waals surface area contributed by atoms with Gasteiger partial charge in [0.25, 0.3) is 0 Å². The molecule has 120 valence electrons. The normalized spacial score (nSPS) is 15.3. The molecule has 1 saturated carbocycles. The molecule has 0 atom stereocenters. The molecule has 0 spiro atoms. The molecule has 1 aliphatic rings. The monoisotopic (exact) mass is 310 g/mol. The van der Waals surface area contributed by atoms with Crippen LogP contribution in [0.4, 0.5) is 17.3 Å². The Hall–Kier alpha value is -2.63. The Morgan fingerprint density at radius 3 is 2.43 bits per heavy atom. The molecule has 0 unspecified atom stereocenters. The standard InChI is InChI=1S/C17H22N6/c18-12-8-6-11(7-9-12)15(19)14-16(20)21-10-22-17(14)23-13-4-2-1-3-5-13/h6-10,13,19H,1-5,18H2,(H3,20,21,22,23). The minimum Gasteiger partial charge on any atom is -0.399 e. The summed E-state index contributed by atoms with van der Waals surface area (Å²) in [6.07, 6.45) is 7.43. The SMILES string of the molecule is N=C(c1ccc(N)cc1)c1c(N)ncnc1NC1CCCCC1. The van der Waals surface area contributed by atoms with Crippen LogP contribution in [0.3, 0.4) is 0 Å². The predicted octanol–water partition coefficient (Wildman–Crippen LogP) is 2.80. The number of rotatable bonds is 4. The quantitative estimate of drug-likeness (QED) is 0.512. The lowest BCUT2D eigenvalue weighted by Gasteiger charge is -2.24. The van der Waals surface area contributed by atoms with Crippen molar-refractivity contribution >= 4 is 23.0 Å². The lowest BCUT2D eigenvalue weighted by molar-refractivity contribution is 0.462. The van der Waals surface area contributed by atoms with Crippen molar-refractivity contribution in [2.75, 3.05) is 16.8 Å². The van der Waals surface area contributed by atoms with Gasteiger partial charge >= 0.3 is 0 Å². The molecule has 6 nitrogen and oxygen atoms in total. The van der Waals surface area contributed by atoms with Crippen molar-refractivity contribution in [1.29, 1.82) is 5.41 Å². The van der Waals surface area contributed by atoms with Crippen LogP contribution in [-0.2, 0) is 0 Å². The van der Waals surface area contributed by atoms with Crippen LogP contribution in [0.15, 0.2) is 30.6 Å². The predicted molar refractivity (Wildman–Crippen MR) is 93.7 cm³/mol. The third kappa shape index (κ3) is 3.41. The van der Waals surface area contributed by atoms with Gasteiger partial charge in [-0.2, -0.15) is 0 Å². The van der Waals surface area contributed by atoms with Gasteiger partial charge in [-0.05, 0) is 25.0 Å². The molecule has 6 N–H and O–H groups in total. The molecule has 0 radical (unpaired) electrons. The molecule has 1 heterocycles. The first-order valence-corrected chi connectivity index (χ1v) is 7.97. The van der Waals surface area contributed by atoms with Crippen molar-refractivity contribution in [3.05, 3.63) is 41.7 Å². The van der Waals surface area contributed by atoms with Crippen LogP contribution in [0, 0.1) is 5.41 Å². The van der Waals surface area contributed by atoms with Crippen molar-refractivity contribution in [3.63, 3.8) is 0 Å². The number of nitrogens with zero attached hydrogens (tertiary/aromatic N) is 2. The smallest absolute Gasteiger partial charge is 0.141 e. The second kappa shape index (κ2) is 6.64. The zero-order valence-corrected chi connectivity index (χ0v) is 13.0. The number of hydrogen-bond acceptors (Lipinski definition) is 6. The molecule has 0 aliphatic heterocycles. The third-order valence-corrected chi connectivity index (χ3v) is 4.27. The van der Waals surface area contributed by atoms with E-state index in [4.69, 9.17) is 16.9 Å². The summed E-state index contributed by atoms with van der Waals surface area (Å²) in [4.78, 5) is 8.39. The van der Waals surface area contributed by atoms with E-state index in [-0.39, 0.29) is 0 Å². The van der Waals surface area contributed by atoms with Gasteiger partial charge in [0.2, 0.25) is 0 Å². The van der Waals surface area contributed by atoms with E-state index in [1.807, 2.05) is 12.1 Å². The number of anilines is 3. The van der Waals surface area contributed by atoms with Crippen LogP contribution in [0.1, 0.15) is 43.2 Å². The van der Waals surface area contributed by atoms with Gasteiger partial charge in [0.1, 0.15) is 18.0 Å². The van der Waals surface area contributed by atoms with Crippen LogP contribution in [-0.4, -0.2) is 21.7 Å². The van der Waals surface area contributed by atoms with E-state index in [0.29, 0.717) is 34.6 Å². The average Bonchev–Trinajstić information content (AvgIpc) is 2.56. The molecule has 1 aliphatic carbocycles. The first kappa shape index (κ1) is 15.3. The fraction of sp³-hybridized carbons (Fsp3) is 0.353. The van der Waals surface area contributed by atoms with Gasteiger partial charge in [-0.15, -0.1) is 0 Å². The van der Waals surface area contributed by atoms with Crippen molar-refractivity contribution < 1.29 is 0 Å². The molecule has 2 aromatic rings. The largest absolute Gasteiger partial charge is 0.399 e. The van der Waals surface area contributed by atoms with Crippen LogP contribution in [0.5, 0.6) is 0 Å². The first-order valence-electron chi connectivity index (χ1n) is 7.97. The summed E-state index contributed by atoms with van der Waals surface area (Å²) in [7, 11) is 0. The summed E-state index contributed by atoms with van der Waals surface area (Å²) in [6.45, 7) is 0. The second-order valence-corrected chi connectivity index (χ2v) is 5.96. The topological polar surface area (TPSA) is 114 Å². The third-order valence-electron chi connectivity index (χ3n) is 4.27. The number of nitrogens with one attached hydrogen (secondary N) is 2. The Morgan fingerprint density at radius 1 is 1.04 bits per heavy atom. The Morgan fingerprint density at radius 2 is 1.74 bits per heavy atom. The number of nitrogens with two attached hydrogens (primary N) is 2. The average molecular weight is 310 g/mol. The number of nitrogen functional groups attached to an aromatic ring is 2. The van der Waals surface area contributed by atoms with E-state index >= 15 is 0 Å². The summed E-state index contributed by atoms with van der Waals surface area (Å²) >= 11 is 0. The van der Waals surface area contributed by atoms with Crippen molar-refractivity contribution in [3.8, 4) is 0 Å². The molecular weight excluding hydrogens is 288 g/mol. The van der Waals surface area contributed by atoms with Gasteiger partial charge in [-0.25, -0.2) is 9.97 Å². The maximum absolute atomic E-state index is 8.50. The molecule has 0 amide bonds. The Kier molecular flexibility index (Phi) is 4.41. The molecule has 0 saturated heterocycles. The molecule has 23 heavy (non-hydrogen) atoms. The van der Waals surface area contributed by atoms with Gasteiger partial charge in [-0.3, -0.25) is 5.41 Å². The lowest BCUT2D eigenvalue weighted by Crippen LogP contribution is -2.25. The van der Waals surface area contributed by atoms with Gasteiger partial charge < -0.3 is 16.8 Å². The van der Waals surface area contributed by atoms with Crippen molar-refractivity contribution in [2.45, 2.75) is 38.1 Å². The maximum Gasteiger partial charge on any atom is 0.141 e. The van der Waals surface area contributed by atoms with E-state index in [1.54, 1.807) is 12.1 Å². The molecule has 6 heteroatoms. The number of hydrogen-bond donors (Lipinski definition) is 4.